The summed E-state index contributed by atoms with van der Waals surface area (Å²) in [5, 5.41) is 99.8. The van der Waals surface area contributed by atoms with Gasteiger partial charge >= 0.3 is 0 Å². The zero-order chi connectivity index (χ0) is 24.6. The molecular formula is C18H32O15. The number of rotatable bonds is 6. The first-order valence-corrected chi connectivity index (χ1v) is 10.4. The lowest BCUT2D eigenvalue weighted by atomic mass is 9.96. The standard InChI is InChI=1S/C18H32O15/c1-4-7(21)9(23)13(27)17(29-4)33-15-10(24)8(22)5(2-19)31-18(15)32-14-6(3-20)30-16(28)12(26)11(14)25/h4-28H,2-3H2,1H3/t4?,5?,6?,7-,8+,9+,10?,11?,12+,13?,14-,15+,16?,17+,18+/m1/s1. The second kappa shape index (κ2) is 11.0. The minimum absolute atomic E-state index is 0.760. The molecule has 15 nitrogen and oxygen atoms in total. The monoisotopic (exact) mass is 488 g/mol. The Labute approximate surface area is 187 Å². The van der Waals surface area contributed by atoms with Crippen LogP contribution in [0.15, 0.2) is 0 Å². The highest BCUT2D eigenvalue weighted by Crippen LogP contribution is 2.32. The lowest BCUT2D eigenvalue weighted by Gasteiger charge is -2.48. The minimum atomic E-state index is -1.83. The predicted molar refractivity (Wildman–Crippen MR) is 99.8 cm³/mol. The molecule has 194 valence electrons. The van der Waals surface area contributed by atoms with Crippen molar-refractivity contribution < 1.29 is 74.7 Å². The number of hydrogen-bond acceptors (Lipinski definition) is 15. The smallest absolute Gasteiger partial charge is 0.187 e. The van der Waals surface area contributed by atoms with Crippen LogP contribution >= 0.6 is 0 Å². The van der Waals surface area contributed by atoms with Crippen LogP contribution in [0.1, 0.15) is 6.92 Å². The van der Waals surface area contributed by atoms with Crippen molar-refractivity contribution in [1.29, 1.82) is 0 Å². The molecular weight excluding hydrogens is 456 g/mol. The van der Waals surface area contributed by atoms with E-state index < -0.39 is 105 Å². The summed E-state index contributed by atoms with van der Waals surface area (Å²) in [6.07, 6.45) is -24.1. The Morgan fingerprint density at radius 3 is 1.73 bits per heavy atom. The van der Waals surface area contributed by atoms with Crippen molar-refractivity contribution in [3.63, 3.8) is 0 Å². The van der Waals surface area contributed by atoms with Gasteiger partial charge in [-0.3, -0.25) is 0 Å². The van der Waals surface area contributed by atoms with E-state index in [1.54, 1.807) is 0 Å². The summed E-state index contributed by atoms with van der Waals surface area (Å²) in [5.41, 5.74) is 0. The van der Waals surface area contributed by atoms with Crippen LogP contribution in [0.4, 0.5) is 0 Å². The van der Waals surface area contributed by atoms with E-state index in [0.29, 0.717) is 0 Å². The molecule has 7 unspecified atom stereocenters. The maximum absolute atomic E-state index is 10.6. The molecule has 0 aliphatic carbocycles. The molecule has 33 heavy (non-hydrogen) atoms. The summed E-state index contributed by atoms with van der Waals surface area (Å²) < 4.78 is 26.9. The zero-order valence-corrected chi connectivity index (χ0v) is 17.6. The fourth-order valence-electron chi connectivity index (χ4n) is 3.98. The molecule has 0 radical (unpaired) electrons. The van der Waals surface area contributed by atoms with Crippen LogP contribution < -0.4 is 0 Å². The van der Waals surface area contributed by atoms with E-state index in [-0.39, 0.29) is 0 Å². The second-order valence-electron chi connectivity index (χ2n) is 8.32. The maximum Gasteiger partial charge on any atom is 0.187 e. The normalized spacial score (nSPS) is 53.7. The summed E-state index contributed by atoms with van der Waals surface area (Å²) in [7, 11) is 0. The molecule has 10 N–H and O–H groups in total. The average Bonchev–Trinajstić information content (AvgIpc) is 2.80. The van der Waals surface area contributed by atoms with E-state index in [1.165, 1.54) is 6.92 Å². The van der Waals surface area contributed by atoms with E-state index >= 15 is 0 Å². The fourth-order valence-corrected chi connectivity index (χ4v) is 3.98. The SMILES string of the molecule is CC1O[C@@H](O[C@H]2C(O)[C@@H](O)C(CO)O[C@H]2O[C@@H]2C(CO)OC(O)[C@@H](O)C2O)C(O)[C@@H](O)[C@@H]1O. The lowest BCUT2D eigenvalue weighted by molar-refractivity contribution is -0.385. The van der Waals surface area contributed by atoms with Crippen molar-refractivity contribution in [3.8, 4) is 0 Å². The number of aliphatic hydroxyl groups is 10. The van der Waals surface area contributed by atoms with Gasteiger partial charge in [0.05, 0.1) is 19.3 Å². The molecule has 0 saturated carbocycles. The predicted octanol–water partition coefficient (Wildman–Crippen LogP) is -6.55. The highest BCUT2D eigenvalue weighted by molar-refractivity contribution is 4.95. The maximum atomic E-state index is 10.6. The van der Waals surface area contributed by atoms with E-state index in [9.17, 15) is 51.1 Å². The third-order valence-corrected chi connectivity index (χ3v) is 6.05. The largest absolute Gasteiger partial charge is 0.394 e. The molecule has 0 aromatic carbocycles. The van der Waals surface area contributed by atoms with E-state index in [2.05, 4.69) is 0 Å². The van der Waals surface area contributed by atoms with Gasteiger partial charge in [0, 0.05) is 0 Å². The number of hydrogen-bond donors (Lipinski definition) is 10. The third kappa shape index (κ3) is 5.32. The number of aliphatic hydroxyl groups excluding tert-OH is 10. The molecule has 3 heterocycles. The van der Waals surface area contributed by atoms with E-state index in [4.69, 9.17) is 23.7 Å². The van der Waals surface area contributed by atoms with Gasteiger partial charge in [-0.1, -0.05) is 0 Å². The van der Waals surface area contributed by atoms with Crippen LogP contribution in [0.5, 0.6) is 0 Å². The van der Waals surface area contributed by atoms with Gasteiger partial charge in [-0.05, 0) is 6.92 Å². The van der Waals surface area contributed by atoms with Crippen LogP contribution in [0.25, 0.3) is 0 Å². The van der Waals surface area contributed by atoms with Gasteiger partial charge in [-0.15, -0.1) is 0 Å². The van der Waals surface area contributed by atoms with Gasteiger partial charge in [0.2, 0.25) is 0 Å². The van der Waals surface area contributed by atoms with Crippen molar-refractivity contribution in [3.05, 3.63) is 0 Å². The number of ether oxygens (including phenoxy) is 5. The van der Waals surface area contributed by atoms with Gasteiger partial charge in [-0.2, -0.15) is 0 Å². The van der Waals surface area contributed by atoms with Crippen LogP contribution in [0, 0.1) is 0 Å². The summed E-state index contributed by atoms with van der Waals surface area (Å²) in [4.78, 5) is 0. The summed E-state index contributed by atoms with van der Waals surface area (Å²) in [5.74, 6) is 0. The van der Waals surface area contributed by atoms with Gasteiger partial charge in [-0.25, -0.2) is 0 Å². The van der Waals surface area contributed by atoms with Crippen molar-refractivity contribution in [1.82, 2.24) is 0 Å². The quantitative estimate of drug-likeness (QED) is 0.167. The molecule has 3 aliphatic rings. The first kappa shape index (κ1) is 27.0. The zero-order valence-electron chi connectivity index (χ0n) is 17.6. The van der Waals surface area contributed by atoms with Crippen molar-refractivity contribution in [2.24, 2.45) is 0 Å². The second-order valence-corrected chi connectivity index (χ2v) is 8.32. The molecule has 3 rings (SSSR count). The fraction of sp³-hybridized carbons (Fsp3) is 1.00. The van der Waals surface area contributed by atoms with Crippen molar-refractivity contribution in [2.75, 3.05) is 13.2 Å². The Morgan fingerprint density at radius 2 is 1.12 bits per heavy atom. The lowest BCUT2D eigenvalue weighted by Crippen LogP contribution is -2.66. The van der Waals surface area contributed by atoms with Gasteiger partial charge in [0.1, 0.15) is 67.1 Å². The van der Waals surface area contributed by atoms with E-state index in [0.717, 1.165) is 0 Å². The summed E-state index contributed by atoms with van der Waals surface area (Å²) in [6.45, 7) is -0.128. The van der Waals surface area contributed by atoms with Gasteiger partial charge in [0.25, 0.3) is 0 Å². The highest BCUT2D eigenvalue weighted by Gasteiger charge is 2.53. The molecule has 0 amide bonds. The highest BCUT2D eigenvalue weighted by atomic mass is 16.8. The molecule has 15 atom stereocenters. The molecule has 0 aromatic rings. The van der Waals surface area contributed by atoms with Crippen LogP contribution in [-0.2, 0) is 23.7 Å². The van der Waals surface area contributed by atoms with Crippen LogP contribution in [0.3, 0.4) is 0 Å². The molecule has 0 aromatic heterocycles. The van der Waals surface area contributed by atoms with E-state index in [1.807, 2.05) is 0 Å². The Balaban J connectivity index is 1.83. The van der Waals surface area contributed by atoms with Gasteiger partial charge < -0.3 is 74.7 Å². The van der Waals surface area contributed by atoms with Gasteiger partial charge in [0.15, 0.2) is 18.9 Å². The first-order valence-electron chi connectivity index (χ1n) is 10.4. The molecule has 3 fully saturated rings. The van der Waals surface area contributed by atoms with Crippen LogP contribution in [0.2, 0.25) is 0 Å². The van der Waals surface area contributed by atoms with Crippen molar-refractivity contribution >= 4 is 0 Å². The molecule has 3 saturated heterocycles. The minimum Gasteiger partial charge on any atom is -0.394 e. The average molecular weight is 488 g/mol. The molecule has 0 spiro atoms. The van der Waals surface area contributed by atoms with Crippen LogP contribution in [-0.4, -0.2) is 156 Å². The Kier molecular flexibility index (Phi) is 8.99. The Hall–Kier alpha value is -0.600. The molecule has 0 bridgehead atoms. The third-order valence-electron chi connectivity index (χ3n) is 6.05. The summed E-state index contributed by atoms with van der Waals surface area (Å²) >= 11 is 0. The topological polar surface area (TPSA) is 248 Å². The summed E-state index contributed by atoms with van der Waals surface area (Å²) in [6, 6.07) is 0. The Morgan fingerprint density at radius 1 is 0.545 bits per heavy atom. The first-order chi connectivity index (χ1) is 15.5. The molecule has 3 aliphatic heterocycles. The Bertz CT molecular complexity index is 624. The molecule has 15 heteroatoms. The van der Waals surface area contributed by atoms with Crippen molar-refractivity contribution in [2.45, 2.75) is 99.0 Å².